The maximum absolute atomic E-state index is 12.4. The van der Waals surface area contributed by atoms with Gasteiger partial charge in [0.15, 0.2) is 0 Å². The van der Waals surface area contributed by atoms with Crippen molar-refractivity contribution in [3.05, 3.63) is 35.4 Å². The standard InChI is InChI=1S/C14H20F3N/c1-4-10(2)11-5-7-12(8-6-11)13(18-3)9-14(15,16)17/h5-8,10,13,18H,4,9H2,1-3H3. The van der Waals surface area contributed by atoms with Gasteiger partial charge in [0.2, 0.25) is 0 Å². The molecule has 0 amide bonds. The normalized spacial score (nSPS) is 15.4. The molecular weight excluding hydrogens is 239 g/mol. The molecule has 102 valence electrons. The first kappa shape index (κ1) is 15.0. The first-order valence-corrected chi connectivity index (χ1v) is 6.21. The van der Waals surface area contributed by atoms with Crippen LogP contribution in [0.5, 0.6) is 0 Å². The van der Waals surface area contributed by atoms with Crippen LogP contribution in [-0.2, 0) is 0 Å². The summed E-state index contributed by atoms with van der Waals surface area (Å²) in [6.45, 7) is 4.21. The second-order valence-electron chi connectivity index (χ2n) is 4.64. The summed E-state index contributed by atoms with van der Waals surface area (Å²) in [5.41, 5.74) is 1.85. The lowest BCUT2D eigenvalue weighted by Gasteiger charge is -2.19. The van der Waals surface area contributed by atoms with Crippen molar-refractivity contribution in [1.29, 1.82) is 0 Å². The van der Waals surface area contributed by atoms with E-state index in [1.807, 2.05) is 12.1 Å². The Labute approximate surface area is 106 Å². The van der Waals surface area contributed by atoms with Crippen LogP contribution in [0.2, 0.25) is 0 Å². The highest BCUT2D eigenvalue weighted by Crippen LogP contribution is 2.30. The minimum atomic E-state index is -4.15. The van der Waals surface area contributed by atoms with E-state index in [1.165, 1.54) is 5.56 Å². The van der Waals surface area contributed by atoms with Crippen molar-refractivity contribution >= 4 is 0 Å². The smallest absolute Gasteiger partial charge is 0.313 e. The molecule has 0 saturated heterocycles. The van der Waals surface area contributed by atoms with Gasteiger partial charge in [0.1, 0.15) is 0 Å². The highest BCUT2D eigenvalue weighted by molar-refractivity contribution is 5.27. The number of nitrogens with one attached hydrogen (secondary N) is 1. The largest absolute Gasteiger partial charge is 0.390 e. The molecule has 0 spiro atoms. The SMILES string of the molecule is CCC(C)c1ccc(C(CC(F)(F)F)NC)cc1. The lowest BCUT2D eigenvalue weighted by molar-refractivity contribution is -0.140. The van der Waals surface area contributed by atoms with E-state index < -0.39 is 18.6 Å². The zero-order chi connectivity index (χ0) is 13.8. The number of hydrogen-bond donors (Lipinski definition) is 1. The van der Waals surface area contributed by atoms with Crippen LogP contribution in [0.25, 0.3) is 0 Å². The summed E-state index contributed by atoms with van der Waals surface area (Å²) in [5.74, 6) is 0.440. The van der Waals surface area contributed by atoms with Crippen molar-refractivity contribution < 1.29 is 13.2 Å². The van der Waals surface area contributed by atoms with Crippen molar-refractivity contribution in [1.82, 2.24) is 5.32 Å². The zero-order valence-corrected chi connectivity index (χ0v) is 11.0. The van der Waals surface area contributed by atoms with E-state index in [4.69, 9.17) is 0 Å². The van der Waals surface area contributed by atoms with Gasteiger partial charge in [-0.25, -0.2) is 0 Å². The zero-order valence-electron chi connectivity index (χ0n) is 11.0. The van der Waals surface area contributed by atoms with E-state index in [1.54, 1.807) is 19.2 Å². The summed E-state index contributed by atoms with van der Waals surface area (Å²) in [7, 11) is 1.55. The molecule has 1 nitrogen and oxygen atoms in total. The van der Waals surface area contributed by atoms with Gasteiger partial charge in [-0.1, -0.05) is 38.1 Å². The fraction of sp³-hybridized carbons (Fsp3) is 0.571. The third-order valence-electron chi connectivity index (χ3n) is 3.30. The Morgan fingerprint density at radius 3 is 2.00 bits per heavy atom. The number of rotatable bonds is 5. The summed E-state index contributed by atoms with van der Waals surface area (Å²) < 4.78 is 37.2. The van der Waals surface area contributed by atoms with Gasteiger partial charge in [0.05, 0.1) is 6.42 Å². The average Bonchev–Trinajstić information content (AvgIpc) is 2.34. The second kappa shape index (κ2) is 6.23. The number of halogens is 3. The number of benzene rings is 1. The molecule has 0 aliphatic heterocycles. The van der Waals surface area contributed by atoms with Gasteiger partial charge in [0.25, 0.3) is 0 Å². The van der Waals surface area contributed by atoms with Gasteiger partial charge in [0, 0.05) is 6.04 Å². The maximum Gasteiger partial charge on any atom is 0.390 e. The molecule has 1 rings (SSSR count). The Kier molecular flexibility index (Phi) is 5.20. The molecule has 1 aromatic carbocycles. The summed E-state index contributed by atoms with van der Waals surface area (Å²) >= 11 is 0. The van der Waals surface area contributed by atoms with Crippen LogP contribution in [0.1, 0.15) is 49.8 Å². The molecule has 0 heterocycles. The van der Waals surface area contributed by atoms with Gasteiger partial charge < -0.3 is 5.32 Å². The second-order valence-corrected chi connectivity index (χ2v) is 4.64. The summed E-state index contributed by atoms with van der Waals surface area (Å²) in [4.78, 5) is 0. The molecular formula is C14H20F3N. The lowest BCUT2D eigenvalue weighted by atomic mass is 9.95. The number of alkyl halides is 3. The Morgan fingerprint density at radius 2 is 1.61 bits per heavy atom. The Balaban J connectivity index is 2.82. The molecule has 4 heteroatoms. The van der Waals surface area contributed by atoms with Crippen LogP contribution >= 0.6 is 0 Å². The van der Waals surface area contributed by atoms with Gasteiger partial charge >= 0.3 is 6.18 Å². The topological polar surface area (TPSA) is 12.0 Å². The van der Waals surface area contributed by atoms with Crippen LogP contribution in [0.4, 0.5) is 13.2 Å². The molecule has 0 aliphatic rings. The summed E-state index contributed by atoms with van der Waals surface area (Å²) in [5, 5.41) is 2.72. The Bertz CT molecular complexity index is 356. The summed E-state index contributed by atoms with van der Waals surface area (Å²) in [6.07, 6.45) is -3.97. The molecule has 0 radical (unpaired) electrons. The highest BCUT2D eigenvalue weighted by atomic mass is 19.4. The lowest BCUT2D eigenvalue weighted by Crippen LogP contribution is -2.23. The fourth-order valence-electron chi connectivity index (χ4n) is 1.91. The maximum atomic E-state index is 12.4. The predicted molar refractivity (Wildman–Crippen MR) is 67.6 cm³/mol. The molecule has 1 N–H and O–H groups in total. The Hall–Kier alpha value is -1.03. The molecule has 0 saturated carbocycles. The van der Waals surface area contributed by atoms with Crippen LogP contribution in [-0.4, -0.2) is 13.2 Å². The predicted octanol–water partition coefficient (Wildman–Crippen LogP) is 4.41. The molecule has 18 heavy (non-hydrogen) atoms. The number of hydrogen-bond acceptors (Lipinski definition) is 1. The monoisotopic (exact) mass is 259 g/mol. The van der Waals surface area contributed by atoms with Crippen molar-refractivity contribution in [2.24, 2.45) is 0 Å². The molecule has 2 unspecified atom stereocenters. The fourth-order valence-corrected chi connectivity index (χ4v) is 1.91. The minimum absolute atomic E-state index is 0.440. The van der Waals surface area contributed by atoms with Gasteiger partial charge in [-0.2, -0.15) is 13.2 Å². The first-order chi connectivity index (χ1) is 8.37. The quantitative estimate of drug-likeness (QED) is 0.825. The van der Waals surface area contributed by atoms with E-state index in [0.29, 0.717) is 11.5 Å². The van der Waals surface area contributed by atoms with Gasteiger partial charge in [-0.15, -0.1) is 0 Å². The van der Waals surface area contributed by atoms with E-state index in [2.05, 4.69) is 19.2 Å². The van der Waals surface area contributed by atoms with Crippen LogP contribution in [0.15, 0.2) is 24.3 Å². The van der Waals surface area contributed by atoms with Gasteiger partial charge in [-0.3, -0.25) is 0 Å². The van der Waals surface area contributed by atoms with Crippen molar-refractivity contribution in [2.45, 2.75) is 44.8 Å². The highest BCUT2D eigenvalue weighted by Gasteiger charge is 2.31. The van der Waals surface area contributed by atoms with Crippen LogP contribution < -0.4 is 5.32 Å². The van der Waals surface area contributed by atoms with Crippen LogP contribution in [0.3, 0.4) is 0 Å². The molecule has 0 fully saturated rings. The van der Waals surface area contributed by atoms with Crippen molar-refractivity contribution in [3.8, 4) is 0 Å². The van der Waals surface area contributed by atoms with Crippen molar-refractivity contribution in [3.63, 3.8) is 0 Å². The Morgan fingerprint density at radius 1 is 1.11 bits per heavy atom. The minimum Gasteiger partial charge on any atom is -0.313 e. The van der Waals surface area contributed by atoms with E-state index in [-0.39, 0.29) is 0 Å². The van der Waals surface area contributed by atoms with E-state index >= 15 is 0 Å². The third-order valence-corrected chi connectivity index (χ3v) is 3.30. The summed E-state index contributed by atoms with van der Waals surface area (Å²) in [6, 6.07) is 6.74. The molecule has 0 aromatic heterocycles. The van der Waals surface area contributed by atoms with Crippen molar-refractivity contribution in [2.75, 3.05) is 7.05 Å². The molecule has 0 aliphatic carbocycles. The third kappa shape index (κ3) is 4.33. The average molecular weight is 259 g/mol. The van der Waals surface area contributed by atoms with E-state index in [0.717, 1.165) is 6.42 Å². The van der Waals surface area contributed by atoms with Crippen LogP contribution in [0, 0.1) is 0 Å². The van der Waals surface area contributed by atoms with Gasteiger partial charge in [-0.05, 0) is 30.5 Å². The molecule has 1 aromatic rings. The molecule has 2 atom stereocenters. The first-order valence-electron chi connectivity index (χ1n) is 6.21. The van der Waals surface area contributed by atoms with E-state index in [9.17, 15) is 13.2 Å². The molecule has 0 bridgehead atoms.